The first kappa shape index (κ1) is 17.9. The van der Waals surface area contributed by atoms with Crippen LogP contribution in [0.3, 0.4) is 0 Å². The zero-order valence-electron chi connectivity index (χ0n) is 14.2. The maximum absolute atomic E-state index is 12.8. The molecule has 1 aromatic heterocycles. The molecule has 6 nitrogen and oxygen atoms in total. The summed E-state index contributed by atoms with van der Waals surface area (Å²) in [4.78, 5) is 16.9. The molecule has 25 heavy (non-hydrogen) atoms. The van der Waals surface area contributed by atoms with E-state index in [-0.39, 0.29) is 23.7 Å². The molecule has 0 aliphatic carbocycles. The summed E-state index contributed by atoms with van der Waals surface area (Å²) < 4.78 is 4.76. The number of aromatic nitrogens is 2. The summed E-state index contributed by atoms with van der Waals surface area (Å²) in [5, 5.41) is 10.6. The van der Waals surface area contributed by atoms with Crippen molar-refractivity contribution in [3.8, 4) is 11.4 Å². The van der Waals surface area contributed by atoms with E-state index in [9.17, 15) is 4.79 Å². The van der Waals surface area contributed by atoms with Crippen LogP contribution >= 0.6 is 12.4 Å². The highest BCUT2D eigenvalue weighted by Crippen LogP contribution is 2.45. The zero-order valence-corrected chi connectivity index (χ0v) is 15.0. The van der Waals surface area contributed by atoms with Gasteiger partial charge in [0.25, 0.3) is 0 Å². The number of carbonyl (C=O) groups excluding carboxylic acids is 1. The van der Waals surface area contributed by atoms with Gasteiger partial charge >= 0.3 is 0 Å². The van der Waals surface area contributed by atoms with Crippen LogP contribution < -0.4 is 10.6 Å². The molecule has 0 saturated carbocycles. The van der Waals surface area contributed by atoms with Crippen molar-refractivity contribution >= 4 is 18.3 Å². The highest BCUT2D eigenvalue weighted by Gasteiger charge is 2.54. The maximum Gasteiger partial charge on any atom is 0.228 e. The molecule has 0 radical (unpaired) electrons. The van der Waals surface area contributed by atoms with E-state index < -0.39 is 0 Å². The largest absolute Gasteiger partial charge is 0.351 e. The van der Waals surface area contributed by atoms with Crippen LogP contribution in [0.15, 0.2) is 35.2 Å². The van der Waals surface area contributed by atoms with Gasteiger partial charge in [0.05, 0.1) is 5.41 Å². The summed E-state index contributed by atoms with van der Waals surface area (Å²) in [7, 11) is 0. The van der Waals surface area contributed by atoms with Crippen molar-refractivity contribution in [3.05, 3.63) is 36.2 Å². The molecular formula is C18H23ClN4O2. The molecule has 2 bridgehead atoms. The lowest BCUT2D eigenvalue weighted by Crippen LogP contribution is -2.47. The van der Waals surface area contributed by atoms with Gasteiger partial charge < -0.3 is 15.2 Å². The van der Waals surface area contributed by atoms with E-state index in [1.54, 1.807) is 0 Å². The van der Waals surface area contributed by atoms with Crippen molar-refractivity contribution in [1.29, 1.82) is 0 Å². The van der Waals surface area contributed by atoms with E-state index >= 15 is 0 Å². The van der Waals surface area contributed by atoms with Crippen molar-refractivity contribution in [1.82, 2.24) is 20.8 Å². The average molecular weight is 363 g/mol. The summed E-state index contributed by atoms with van der Waals surface area (Å²) in [5.74, 6) is 0.760. The first-order chi connectivity index (χ1) is 11.7. The van der Waals surface area contributed by atoms with Crippen molar-refractivity contribution in [2.24, 2.45) is 5.41 Å². The number of rotatable bonds is 5. The van der Waals surface area contributed by atoms with E-state index in [4.69, 9.17) is 4.52 Å². The predicted molar refractivity (Wildman–Crippen MR) is 96.1 cm³/mol. The summed E-state index contributed by atoms with van der Waals surface area (Å²) in [6.45, 7) is 2.67. The van der Waals surface area contributed by atoms with E-state index in [0.29, 0.717) is 24.5 Å². The Balaban J connectivity index is 0.00000182. The first-order valence-corrected chi connectivity index (χ1v) is 8.61. The molecule has 2 fully saturated rings. The first-order valence-electron chi connectivity index (χ1n) is 8.61. The highest BCUT2D eigenvalue weighted by molar-refractivity contribution is 5.85. The van der Waals surface area contributed by atoms with E-state index in [1.165, 1.54) is 12.8 Å². The molecular weight excluding hydrogens is 340 g/mol. The Hall–Kier alpha value is -1.92. The second kappa shape index (κ2) is 7.14. The number of hydrogen-bond donors (Lipinski definition) is 2. The number of nitrogens with one attached hydrogen (secondary N) is 2. The van der Waals surface area contributed by atoms with Crippen LogP contribution in [0.2, 0.25) is 0 Å². The molecule has 134 valence electrons. The fourth-order valence-corrected chi connectivity index (χ4v) is 4.23. The average Bonchev–Trinajstić information content (AvgIpc) is 3.36. The number of hydrogen-bond acceptors (Lipinski definition) is 5. The third-order valence-corrected chi connectivity index (χ3v) is 5.63. The molecule has 0 unspecified atom stereocenters. The fourth-order valence-electron chi connectivity index (χ4n) is 4.23. The molecule has 7 heteroatoms. The molecule has 1 amide bonds. The van der Waals surface area contributed by atoms with E-state index in [1.807, 2.05) is 24.3 Å². The van der Waals surface area contributed by atoms with Gasteiger partial charge in [0.2, 0.25) is 18.1 Å². The molecule has 4 rings (SSSR count). The van der Waals surface area contributed by atoms with Gasteiger partial charge in [-0.2, -0.15) is 4.98 Å². The standard InChI is InChI=1S/C18H22N4O2.ClH/c1-2-18(9-14-7-8-15(18)21-14)17(23)19-10-12-3-5-13(6-4-12)16-20-11-24-22-16;/h3-6,11,14-15,21H,2,7-10H2,1H3,(H,19,23);1H/t14-,15+,18+;/m0./s1. The Bertz CT molecular complexity index is 719. The molecule has 3 atom stereocenters. The predicted octanol–water partition coefficient (Wildman–Crippen LogP) is 2.70. The highest BCUT2D eigenvalue weighted by atomic mass is 35.5. The summed E-state index contributed by atoms with van der Waals surface area (Å²) in [6, 6.07) is 8.73. The van der Waals surface area contributed by atoms with Crippen molar-refractivity contribution in [2.45, 2.75) is 51.2 Å². The quantitative estimate of drug-likeness (QED) is 0.854. The number of nitrogens with zero attached hydrogens (tertiary/aromatic N) is 2. The van der Waals surface area contributed by atoms with Gasteiger partial charge in [-0.25, -0.2) is 0 Å². The monoisotopic (exact) mass is 362 g/mol. The molecule has 2 aliphatic rings. The van der Waals surface area contributed by atoms with Crippen LogP contribution in [0.25, 0.3) is 11.4 Å². The summed E-state index contributed by atoms with van der Waals surface area (Å²) in [5.41, 5.74) is 1.74. The second-order valence-electron chi connectivity index (χ2n) is 6.84. The van der Waals surface area contributed by atoms with E-state index in [2.05, 4.69) is 27.7 Å². The minimum Gasteiger partial charge on any atom is -0.351 e. The molecule has 2 N–H and O–H groups in total. The number of carbonyl (C=O) groups is 1. The molecule has 0 spiro atoms. The Morgan fingerprint density at radius 1 is 1.36 bits per heavy atom. The third kappa shape index (κ3) is 3.16. The Morgan fingerprint density at radius 3 is 2.72 bits per heavy atom. The van der Waals surface area contributed by atoms with Gasteiger partial charge in [-0.1, -0.05) is 36.3 Å². The number of benzene rings is 1. The van der Waals surface area contributed by atoms with Gasteiger partial charge in [0, 0.05) is 24.2 Å². The zero-order chi connectivity index (χ0) is 16.6. The maximum atomic E-state index is 12.8. The van der Waals surface area contributed by atoms with Crippen LogP contribution in [0, 0.1) is 5.41 Å². The Labute approximate surface area is 153 Å². The molecule has 2 aliphatic heterocycles. The number of amides is 1. The molecule has 3 heterocycles. The Kier molecular flexibility index (Phi) is 5.11. The van der Waals surface area contributed by atoms with Gasteiger partial charge in [-0.3, -0.25) is 4.79 Å². The lowest BCUT2D eigenvalue weighted by Gasteiger charge is -2.34. The smallest absolute Gasteiger partial charge is 0.228 e. The Morgan fingerprint density at radius 2 is 2.16 bits per heavy atom. The number of fused-ring (bicyclic) bond motifs is 2. The van der Waals surface area contributed by atoms with Crippen LogP contribution in [-0.4, -0.2) is 28.1 Å². The SMILES string of the molecule is CC[C@@]1(C(=O)NCc2ccc(-c3ncon3)cc2)C[C@@H]2CC[C@H]1N2.Cl. The lowest BCUT2D eigenvalue weighted by atomic mass is 9.71. The molecule has 2 saturated heterocycles. The van der Waals surface area contributed by atoms with E-state index in [0.717, 1.165) is 30.4 Å². The summed E-state index contributed by atoms with van der Waals surface area (Å²) >= 11 is 0. The fraction of sp³-hybridized carbons (Fsp3) is 0.500. The van der Waals surface area contributed by atoms with Crippen LogP contribution in [-0.2, 0) is 11.3 Å². The van der Waals surface area contributed by atoms with Gasteiger partial charge in [0.1, 0.15) is 0 Å². The minimum atomic E-state index is -0.229. The van der Waals surface area contributed by atoms with Crippen molar-refractivity contribution in [2.75, 3.05) is 0 Å². The van der Waals surface area contributed by atoms with Crippen molar-refractivity contribution < 1.29 is 9.32 Å². The van der Waals surface area contributed by atoms with Gasteiger partial charge in [-0.05, 0) is 31.2 Å². The van der Waals surface area contributed by atoms with Crippen LogP contribution in [0.5, 0.6) is 0 Å². The van der Waals surface area contributed by atoms with Gasteiger partial charge in [0.15, 0.2) is 0 Å². The minimum absolute atomic E-state index is 0. The van der Waals surface area contributed by atoms with Gasteiger partial charge in [-0.15, -0.1) is 12.4 Å². The molecule has 2 aromatic rings. The topological polar surface area (TPSA) is 80.1 Å². The third-order valence-electron chi connectivity index (χ3n) is 5.63. The second-order valence-corrected chi connectivity index (χ2v) is 6.84. The molecule has 1 aromatic carbocycles. The van der Waals surface area contributed by atoms with Crippen LogP contribution in [0.1, 0.15) is 38.2 Å². The number of halogens is 1. The lowest BCUT2D eigenvalue weighted by molar-refractivity contribution is -0.132. The van der Waals surface area contributed by atoms with Crippen LogP contribution in [0.4, 0.5) is 0 Å². The normalized spacial score (nSPS) is 27.1. The summed E-state index contributed by atoms with van der Waals surface area (Å²) in [6.07, 6.45) is 5.50. The van der Waals surface area contributed by atoms with Crippen molar-refractivity contribution in [3.63, 3.8) is 0 Å².